The number of nitrogens with one attached hydrogen (secondary N) is 2. The van der Waals surface area contributed by atoms with Gasteiger partial charge in [-0.2, -0.15) is 0 Å². The van der Waals surface area contributed by atoms with Crippen molar-refractivity contribution in [2.75, 3.05) is 40.3 Å². The normalized spacial score (nSPS) is 22.9. The number of piperidine rings is 1. The van der Waals surface area contributed by atoms with Crippen molar-refractivity contribution in [3.8, 4) is 0 Å². The van der Waals surface area contributed by atoms with Crippen molar-refractivity contribution in [3.63, 3.8) is 0 Å². The van der Waals surface area contributed by atoms with Crippen LogP contribution in [0.1, 0.15) is 19.3 Å². The van der Waals surface area contributed by atoms with Gasteiger partial charge in [0.2, 0.25) is 0 Å². The Balaban J connectivity index is 1.96. The van der Waals surface area contributed by atoms with Crippen molar-refractivity contribution in [2.45, 2.75) is 24.8 Å². The van der Waals surface area contributed by atoms with Crippen LogP contribution >= 0.6 is 0 Å². The number of hydrogen-bond donors (Lipinski definition) is 2. The molecule has 0 aliphatic carbocycles. The minimum Gasteiger partial charge on any atom is -0.323 e. The zero-order valence-electron chi connectivity index (χ0n) is 11.2. The van der Waals surface area contributed by atoms with Gasteiger partial charge < -0.3 is 15.5 Å². The van der Waals surface area contributed by atoms with Crippen molar-refractivity contribution < 1.29 is 9.59 Å². The van der Waals surface area contributed by atoms with Gasteiger partial charge in [-0.25, -0.2) is 4.79 Å². The SMILES string of the molecule is CN(C)CCCN1C(=O)NC2(CCNCC2)C1=O. The first-order valence-corrected chi connectivity index (χ1v) is 6.55. The monoisotopic (exact) mass is 254 g/mol. The molecule has 18 heavy (non-hydrogen) atoms. The molecule has 2 heterocycles. The van der Waals surface area contributed by atoms with E-state index in [9.17, 15) is 9.59 Å². The van der Waals surface area contributed by atoms with Gasteiger partial charge >= 0.3 is 6.03 Å². The van der Waals surface area contributed by atoms with Gasteiger partial charge in [-0.1, -0.05) is 0 Å². The van der Waals surface area contributed by atoms with E-state index in [1.54, 1.807) is 0 Å². The summed E-state index contributed by atoms with van der Waals surface area (Å²) in [6.07, 6.45) is 2.21. The number of carbonyl (C=O) groups excluding carboxylic acids is 2. The Labute approximate surface area is 108 Å². The third kappa shape index (κ3) is 2.49. The molecule has 0 radical (unpaired) electrons. The maximum absolute atomic E-state index is 12.4. The van der Waals surface area contributed by atoms with Gasteiger partial charge in [0.15, 0.2) is 0 Å². The Hall–Kier alpha value is -1.14. The van der Waals surface area contributed by atoms with Crippen LogP contribution in [0.15, 0.2) is 0 Å². The van der Waals surface area contributed by atoms with E-state index in [2.05, 4.69) is 15.5 Å². The first-order valence-electron chi connectivity index (χ1n) is 6.55. The maximum atomic E-state index is 12.4. The van der Waals surface area contributed by atoms with Crippen LogP contribution in [-0.2, 0) is 4.79 Å². The summed E-state index contributed by atoms with van der Waals surface area (Å²) in [4.78, 5) is 27.7. The highest BCUT2D eigenvalue weighted by atomic mass is 16.2. The third-order valence-corrected chi connectivity index (χ3v) is 3.69. The number of nitrogens with zero attached hydrogens (tertiary/aromatic N) is 2. The zero-order chi connectivity index (χ0) is 13.2. The fraction of sp³-hybridized carbons (Fsp3) is 0.833. The minimum absolute atomic E-state index is 0.0345. The van der Waals surface area contributed by atoms with E-state index < -0.39 is 5.54 Å². The van der Waals surface area contributed by atoms with Crippen LogP contribution in [0, 0.1) is 0 Å². The molecule has 102 valence electrons. The van der Waals surface area contributed by atoms with Crippen LogP contribution in [-0.4, -0.2) is 67.6 Å². The highest BCUT2D eigenvalue weighted by Crippen LogP contribution is 2.26. The Morgan fingerprint density at radius 3 is 2.56 bits per heavy atom. The van der Waals surface area contributed by atoms with E-state index in [1.165, 1.54) is 4.90 Å². The van der Waals surface area contributed by atoms with Crippen LogP contribution in [0.3, 0.4) is 0 Å². The number of rotatable bonds is 4. The smallest absolute Gasteiger partial charge is 0.323 e. The second-order valence-electron chi connectivity index (χ2n) is 5.38. The van der Waals surface area contributed by atoms with Crippen LogP contribution in [0.25, 0.3) is 0 Å². The zero-order valence-corrected chi connectivity index (χ0v) is 11.2. The van der Waals surface area contributed by atoms with E-state index >= 15 is 0 Å². The van der Waals surface area contributed by atoms with Gasteiger partial charge in [-0.3, -0.25) is 9.69 Å². The Bertz CT molecular complexity index is 337. The summed E-state index contributed by atoms with van der Waals surface area (Å²) >= 11 is 0. The first-order chi connectivity index (χ1) is 8.55. The van der Waals surface area contributed by atoms with Crippen molar-refractivity contribution in [2.24, 2.45) is 0 Å². The van der Waals surface area contributed by atoms with E-state index in [0.29, 0.717) is 19.4 Å². The van der Waals surface area contributed by atoms with Crippen molar-refractivity contribution in [1.82, 2.24) is 20.4 Å². The number of amides is 3. The number of imide groups is 1. The van der Waals surface area contributed by atoms with Crippen molar-refractivity contribution in [3.05, 3.63) is 0 Å². The molecule has 3 amide bonds. The molecule has 0 atom stereocenters. The number of carbonyl (C=O) groups is 2. The van der Waals surface area contributed by atoms with Crippen LogP contribution in [0.5, 0.6) is 0 Å². The second-order valence-corrected chi connectivity index (χ2v) is 5.38. The molecule has 6 heteroatoms. The average Bonchev–Trinajstić information content (AvgIpc) is 2.54. The van der Waals surface area contributed by atoms with Crippen molar-refractivity contribution >= 4 is 11.9 Å². The van der Waals surface area contributed by atoms with Gasteiger partial charge in [0.1, 0.15) is 5.54 Å². The molecule has 2 saturated heterocycles. The van der Waals surface area contributed by atoms with Gasteiger partial charge in [-0.05, 0) is 53.0 Å². The third-order valence-electron chi connectivity index (χ3n) is 3.69. The van der Waals surface area contributed by atoms with E-state index in [-0.39, 0.29) is 11.9 Å². The molecule has 0 aromatic rings. The summed E-state index contributed by atoms with van der Waals surface area (Å²) < 4.78 is 0. The lowest BCUT2D eigenvalue weighted by Gasteiger charge is -2.31. The summed E-state index contributed by atoms with van der Waals surface area (Å²) in [6.45, 7) is 2.97. The molecule has 0 bridgehead atoms. The largest absolute Gasteiger partial charge is 0.325 e. The highest BCUT2D eigenvalue weighted by Gasteiger charge is 2.50. The predicted molar refractivity (Wildman–Crippen MR) is 68.3 cm³/mol. The minimum atomic E-state index is -0.625. The molecule has 2 rings (SSSR count). The van der Waals surface area contributed by atoms with E-state index in [1.807, 2.05) is 14.1 Å². The molecule has 2 fully saturated rings. The van der Waals surface area contributed by atoms with Gasteiger partial charge in [0, 0.05) is 6.54 Å². The van der Waals surface area contributed by atoms with Gasteiger partial charge in [0.05, 0.1) is 0 Å². The Morgan fingerprint density at radius 1 is 1.28 bits per heavy atom. The van der Waals surface area contributed by atoms with E-state index in [0.717, 1.165) is 26.1 Å². The molecular weight excluding hydrogens is 232 g/mol. The van der Waals surface area contributed by atoms with Crippen LogP contribution in [0.4, 0.5) is 4.79 Å². The lowest BCUT2D eigenvalue weighted by atomic mass is 9.88. The topological polar surface area (TPSA) is 64.7 Å². The molecule has 1 spiro atoms. The van der Waals surface area contributed by atoms with Crippen molar-refractivity contribution in [1.29, 1.82) is 0 Å². The summed E-state index contributed by atoms with van der Waals surface area (Å²) in [5.41, 5.74) is -0.625. The molecule has 0 aromatic heterocycles. The first kappa shape index (κ1) is 13.3. The molecule has 0 unspecified atom stereocenters. The summed E-state index contributed by atoms with van der Waals surface area (Å²) in [5.74, 6) is -0.0345. The van der Waals surface area contributed by atoms with E-state index in [4.69, 9.17) is 0 Å². The molecular formula is C12H22N4O2. The summed E-state index contributed by atoms with van der Waals surface area (Å²) in [6, 6.07) is -0.222. The Morgan fingerprint density at radius 2 is 1.94 bits per heavy atom. The second kappa shape index (κ2) is 5.24. The highest BCUT2D eigenvalue weighted by molar-refractivity contribution is 6.07. The molecule has 0 aromatic carbocycles. The summed E-state index contributed by atoms with van der Waals surface area (Å²) in [7, 11) is 3.97. The van der Waals surface area contributed by atoms with Gasteiger partial charge in [0.25, 0.3) is 5.91 Å². The van der Waals surface area contributed by atoms with Crippen LogP contribution < -0.4 is 10.6 Å². The molecule has 2 aliphatic rings. The number of hydrogen-bond acceptors (Lipinski definition) is 4. The van der Waals surface area contributed by atoms with Gasteiger partial charge in [-0.15, -0.1) is 0 Å². The quantitative estimate of drug-likeness (QED) is 0.671. The summed E-state index contributed by atoms with van der Waals surface area (Å²) in [5, 5.41) is 6.11. The average molecular weight is 254 g/mol. The van der Waals surface area contributed by atoms with Crippen LogP contribution in [0.2, 0.25) is 0 Å². The molecule has 2 N–H and O–H groups in total. The lowest BCUT2D eigenvalue weighted by Crippen LogP contribution is -2.53. The lowest BCUT2D eigenvalue weighted by molar-refractivity contribution is -0.132. The standard InChI is InChI=1S/C12H22N4O2/c1-15(2)8-3-9-16-10(17)12(14-11(16)18)4-6-13-7-5-12/h13H,3-9H2,1-2H3,(H,14,18). The molecule has 0 saturated carbocycles. The molecule has 6 nitrogen and oxygen atoms in total. The fourth-order valence-corrected chi connectivity index (χ4v) is 2.62. The fourth-order valence-electron chi connectivity index (χ4n) is 2.62. The molecule has 2 aliphatic heterocycles. The Kier molecular flexibility index (Phi) is 3.87. The maximum Gasteiger partial charge on any atom is 0.325 e. The number of urea groups is 1. The predicted octanol–water partition coefficient (Wildman–Crippen LogP) is -0.388.